The van der Waals surface area contributed by atoms with Crippen LogP contribution in [-0.4, -0.2) is 30.6 Å². The number of nitrogens with one attached hydrogen (secondary N) is 1. The van der Waals surface area contributed by atoms with E-state index in [1.165, 1.54) is 18.4 Å². The molecule has 0 saturated heterocycles. The molecule has 0 aliphatic carbocycles. The van der Waals surface area contributed by atoms with Gasteiger partial charge in [0, 0.05) is 11.4 Å². The van der Waals surface area contributed by atoms with E-state index in [4.69, 9.17) is 4.74 Å². The fourth-order valence-corrected chi connectivity index (χ4v) is 3.14. The first-order valence-corrected chi connectivity index (χ1v) is 8.02. The van der Waals surface area contributed by atoms with Gasteiger partial charge in [0.25, 0.3) is 5.91 Å². The monoisotopic (exact) mass is 333 g/mol. The summed E-state index contributed by atoms with van der Waals surface area (Å²) in [5.41, 5.74) is 0.929. The lowest BCUT2D eigenvalue weighted by Crippen LogP contribution is -2.33. The predicted molar refractivity (Wildman–Crippen MR) is 89.2 cm³/mol. The maximum atomic E-state index is 12.2. The summed E-state index contributed by atoms with van der Waals surface area (Å²) >= 11 is 1.33. The highest BCUT2D eigenvalue weighted by Gasteiger charge is 2.21. The van der Waals surface area contributed by atoms with Crippen LogP contribution in [0, 0.1) is 12.8 Å². The summed E-state index contributed by atoms with van der Waals surface area (Å²) in [5.74, 6) is -1.39. The molecule has 0 fully saturated rings. The van der Waals surface area contributed by atoms with Crippen molar-refractivity contribution < 1.29 is 19.4 Å². The molecular weight excluding hydrogens is 314 g/mol. The van der Waals surface area contributed by atoms with Gasteiger partial charge in [-0.25, -0.2) is 0 Å². The third-order valence-corrected chi connectivity index (χ3v) is 4.46. The molecule has 1 atom stereocenters. The molecule has 1 aromatic heterocycles. The predicted octanol–water partition coefficient (Wildman–Crippen LogP) is 2.74. The number of methoxy groups -OCH3 is 1. The molecule has 0 radical (unpaired) electrons. The third kappa shape index (κ3) is 4.56. The smallest absolute Gasteiger partial charge is 0.308 e. The van der Waals surface area contributed by atoms with Gasteiger partial charge in [-0.15, -0.1) is 11.3 Å². The number of benzene rings is 1. The van der Waals surface area contributed by atoms with Crippen molar-refractivity contribution in [3.8, 4) is 5.75 Å². The van der Waals surface area contributed by atoms with Crippen LogP contribution in [0.25, 0.3) is 0 Å². The summed E-state index contributed by atoms with van der Waals surface area (Å²) in [4.78, 5) is 25.1. The number of aryl methyl sites for hydroxylation is 1. The van der Waals surface area contributed by atoms with E-state index in [9.17, 15) is 14.7 Å². The van der Waals surface area contributed by atoms with Crippen molar-refractivity contribution in [2.24, 2.45) is 5.92 Å². The number of aliphatic carboxylic acids is 1. The maximum Gasteiger partial charge on any atom is 0.308 e. The van der Waals surface area contributed by atoms with Crippen molar-refractivity contribution in [1.29, 1.82) is 0 Å². The Balaban J connectivity index is 2.01. The number of carbonyl (C=O) groups is 2. The average Bonchev–Trinajstić information content (AvgIpc) is 2.93. The first-order chi connectivity index (χ1) is 11.0. The molecule has 1 amide bonds. The van der Waals surface area contributed by atoms with E-state index >= 15 is 0 Å². The second-order valence-corrected chi connectivity index (χ2v) is 6.45. The number of ether oxygens (including phenoxy) is 1. The highest BCUT2D eigenvalue weighted by atomic mass is 32.1. The minimum Gasteiger partial charge on any atom is -0.495 e. The van der Waals surface area contributed by atoms with Gasteiger partial charge in [-0.1, -0.05) is 30.3 Å². The molecule has 1 aromatic carbocycles. The number of amides is 1. The standard InChI is InChI=1S/C17H19NO4S/c1-11-8-14(22-2)15(23-11)16(19)18-10-13(17(20)21)9-12-6-4-3-5-7-12/h3-8,13H,9-10H2,1-2H3,(H,18,19)(H,20,21). The zero-order valence-electron chi connectivity index (χ0n) is 13.0. The maximum absolute atomic E-state index is 12.2. The molecule has 2 rings (SSSR count). The lowest BCUT2D eigenvalue weighted by atomic mass is 9.99. The van der Waals surface area contributed by atoms with Crippen molar-refractivity contribution >= 4 is 23.2 Å². The van der Waals surface area contributed by atoms with Gasteiger partial charge in [0.1, 0.15) is 10.6 Å². The van der Waals surface area contributed by atoms with E-state index in [1.807, 2.05) is 37.3 Å². The van der Waals surface area contributed by atoms with Gasteiger partial charge in [-0.2, -0.15) is 0 Å². The molecule has 6 heteroatoms. The zero-order chi connectivity index (χ0) is 16.8. The summed E-state index contributed by atoms with van der Waals surface area (Å²) in [5, 5.41) is 12.0. The number of rotatable bonds is 7. The molecule has 0 aliphatic heterocycles. The summed E-state index contributed by atoms with van der Waals surface area (Å²) < 4.78 is 5.17. The van der Waals surface area contributed by atoms with Crippen molar-refractivity contribution in [3.05, 3.63) is 51.7 Å². The van der Waals surface area contributed by atoms with Crippen molar-refractivity contribution in [2.75, 3.05) is 13.7 Å². The average molecular weight is 333 g/mol. The highest BCUT2D eigenvalue weighted by molar-refractivity contribution is 7.14. The topological polar surface area (TPSA) is 75.6 Å². The Morgan fingerprint density at radius 2 is 2.00 bits per heavy atom. The van der Waals surface area contributed by atoms with Gasteiger partial charge in [-0.3, -0.25) is 9.59 Å². The van der Waals surface area contributed by atoms with E-state index in [2.05, 4.69) is 5.32 Å². The Bertz CT molecular complexity index is 681. The second kappa shape index (κ2) is 7.78. The summed E-state index contributed by atoms with van der Waals surface area (Å²) in [6, 6.07) is 11.2. The SMILES string of the molecule is COc1cc(C)sc1C(=O)NCC(Cc1ccccc1)C(=O)O. The van der Waals surface area contributed by atoms with Crippen LogP contribution in [0.5, 0.6) is 5.75 Å². The molecule has 1 unspecified atom stereocenters. The van der Waals surface area contributed by atoms with Crippen LogP contribution in [0.4, 0.5) is 0 Å². The Labute approximate surface area is 138 Å². The fraction of sp³-hybridized carbons (Fsp3) is 0.294. The highest BCUT2D eigenvalue weighted by Crippen LogP contribution is 2.28. The van der Waals surface area contributed by atoms with E-state index in [0.717, 1.165) is 10.4 Å². The van der Waals surface area contributed by atoms with Crippen LogP contribution >= 0.6 is 11.3 Å². The Hall–Kier alpha value is -2.34. The largest absolute Gasteiger partial charge is 0.495 e. The fourth-order valence-electron chi connectivity index (χ4n) is 2.24. The number of hydrogen-bond donors (Lipinski definition) is 2. The summed E-state index contributed by atoms with van der Waals surface area (Å²) in [6.07, 6.45) is 0.372. The van der Waals surface area contributed by atoms with E-state index in [-0.39, 0.29) is 12.5 Å². The number of hydrogen-bond acceptors (Lipinski definition) is 4. The van der Waals surface area contributed by atoms with Crippen LogP contribution in [-0.2, 0) is 11.2 Å². The molecule has 23 heavy (non-hydrogen) atoms. The van der Waals surface area contributed by atoms with Gasteiger partial charge < -0.3 is 15.2 Å². The van der Waals surface area contributed by atoms with Gasteiger partial charge in [-0.05, 0) is 25.0 Å². The molecule has 122 valence electrons. The van der Waals surface area contributed by atoms with Crippen LogP contribution in [0.2, 0.25) is 0 Å². The van der Waals surface area contributed by atoms with Gasteiger partial charge in [0.15, 0.2) is 0 Å². The van der Waals surface area contributed by atoms with Crippen molar-refractivity contribution in [3.63, 3.8) is 0 Å². The molecule has 0 aliphatic rings. The quantitative estimate of drug-likeness (QED) is 0.817. The number of carboxylic acids is 1. The first kappa shape index (κ1) is 17.0. The van der Waals surface area contributed by atoms with E-state index in [0.29, 0.717) is 17.0 Å². The number of carboxylic acid groups (broad SMARTS) is 1. The second-order valence-electron chi connectivity index (χ2n) is 5.19. The normalized spacial score (nSPS) is 11.7. The van der Waals surface area contributed by atoms with Gasteiger partial charge >= 0.3 is 5.97 Å². The molecule has 2 aromatic rings. The van der Waals surface area contributed by atoms with Crippen molar-refractivity contribution in [2.45, 2.75) is 13.3 Å². The molecular formula is C17H19NO4S. The van der Waals surface area contributed by atoms with Crippen LogP contribution in [0.15, 0.2) is 36.4 Å². The molecule has 0 bridgehead atoms. The van der Waals surface area contributed by atoms with Crippen LogP contribution < -0.4 is 10.1 Å². The van der Waals surface area contributed by atoms with Crippen molar-refractivity contribution in [1.82, 2.24) is 5.32 Å². The first-order valence-electron chi connectivity index (χ1n) is 7.20. The lowest BCUT2D eigenvalue weighted by Gasteiger charge is -2.13. The van der Waals surface area contributed by atoms with E-state index in [1.54, 1.807) is 6.07 Å². The molecule has 2 N–H and O–H groups in total. The Kier molecular flexibility index (Phi) is 5.76. The molecule has 5 nitrogen and oxygen atoms in total. The zero-order valence-corrected chi connectivity index (χ0v) is 13.9. The third-order valence-electron chi connectivity index (χ3n) is 3.43. The molecule has 0 saturated carbocycles. The van der Waals surface area contributed by atoms with Crippen LogP contribution in [0.3, 0.4) is 0 Å². The summed E-state index contributed by atoms with van der Waals surface area (Å²) in [6.45, 7) is 1.96. The van der Waals surface area contributed by atoms with E-state index < -0.39 is 11.9 Å². The van der Waals surface area contributed by atoms with Crippen LogP contribution in [0.1, 0.15) is 20.1 Å². The Morgan fingerprint density at radius 3 is 2.61 bits per heavy atom. The molecule has 1 heterocycles. The minimum atomic E-state index is -0.927. The summed E-state index contributed by atoms with van der Waals surface area (Å²) in [7, 11) is 1.51. The Morgan fingerprint density at radius 1 is 1.30 bits per heavy atom. The number of thiophene rings is 1. The lowest BCUT2D eigenvalue weighted by molar-refractivity contribution is -0.141. The van der Waals surface area contributed by atoms with Gasteiger partial charge in [0.05, 0.1) is 13.0 Å². The van der Waals surface area contributed by atoms with Gasteiger partial charge in [0.2, 0.25) is 0 Å². The minimum absolute atomic E-state index is 0.0726. The molecule has 0 spiro atoms. The number of carbonyl (C=O) groups excluding carboxylic acids is 1.